The number of benzene rings is 1. The number of fused-ring (bicyclic) bond motifs is 1. The van der Waals surface area contributed by atoms with Crippen molar-refractivity contribution in [3.63, 3.8) is 0 Å². The third-order valence-corrected chi connectivity index (χ3v) is 4.51. The van der Waals surface area contributed by atoms with Gasteiger partial charge in [-0.15, -0.1) is 11.3 Å². The number of aryl methyl sites for hydroxylation is 1. The van der Waals surface area contributed by atoms with Gasteiger partial charge in [-0.25, -0.2) is 9.78 Å². The predicted octanol–water partition coefficient (Wildman–Crippen LogP) is 3.08. The van der Waals surface area contributed by atoms with Crippen molar-refractivity contribution in [3.8, 4) is 10.8 Å². The predicted molar refractivity (Wildman–Crippen MR) is 86.9 cm³/mol. The summed E-state index contributed by atoms with van der Waals surface area (Å²) >= 11 is 1.41. The van der Waals surface area contributed by atoms with E-state index < -0.39 is 17.8 Å². The van der Waals surface area contributed by atoms with E-state index in [0.29, 0.717) is 5.06 Å². The van der Waals surface area contributed by atoms with Crippen LogP contribution in [0.3, 0.4) is 0 Å². The van der Waals surface area contributed by atoms with Gasteiger partial charge in [0, 0.05) is 0 Å². The summed E-state index contributed by atoms with van der Waals surface area (Å²) in [4.78, 5) is 46.7. The Morgan fingerprint density at radius 1 is 1.12 bits per heavy atom. The minimum Gasteiger partial charge on any atom is -0.440 e. The molecule has 3 aromatic rings. The molecular formula is C17H10N2O5S. The molecule has 0 unspecified atom stereocenters. The number of hydroxylamine groups is 2. The number of rotatable bonds is 3. The number of carbonyl (C=O) groups excluding carboxylic acids is 3. The van der Waals surface area contributed by atoms with Gasteiger partial charge in [0.1, 0.15) is 5.76 Å². The molecule has 3 heterocycles. The number of hydrogen-bond acceptors (Lipinski definition) is 7. The number of imide groups is 1. The molecule has 124 valence electrons. The largest absolute Gasteiger partial charge is 0.440 e. The minimum absolute atomic E-state index is 0.0834. The Balaban J connectivity index is 1.60. The maximum absolute atomic E-state index is 12.4. The average molecular weight is 354 g/mol. The summed E-state index contributed by atoms with van der Waals surface area (Å²) in [6, 6.07) is 9.89. The Labute approximate surface area is 145 Å². The van der Waals surface area contributed by atoms with Gasteiger partial charge in [-0.1, -0.05) is 23.3 Å². The van der Waals surface area contributed by atoms with Crippen LogP contribution in [0, 0.1) is 6.92 Å². The minimum atomic E-state index is -0.932. The number of oxazole rings is 1. The molecular weight excluding hydrogens is 344 g/mol. The van der Waals surface area contributed by atoms with Crippen molar-refractivity contribution >= 4 is 29.1 Å². The highest BCUT2D eigenvalue weighted by atomic mass is 32.1. The second kappa shape index (κ2) is 5.67. The molecule has 0 aliphatic carbocycles. The van der Waals surface area contributed by atoms with Crippen molar-refractivity contribution in [1.29, 1.82) is 0 Å². The van der Waals surface area contributed by atoms with Crippen LogP contribution in [0.4, 0.5) is 0 Å². The molecule has 25 heavy (non-hydrogen) atoms. The molecule has 0 atom stereocenters. The van der Waals surface area contributed by atoms with E-state index >= 15 is 0 Å². The highest BCUT2D eigenvalue weighted by Gasteiger charge is 2.39. The van der Waals surface area contributed by atoms with Crippen LogP contribution in [-0.4, -0.2) is 27.8 Å². The summed E-state index contributed by atoms with van der Waals surface area (Å²) in [5.41, 5.74) is 0.299. The summed E-state index contributed by atoms with van der Waals surface area (Å²) in [7, 11) is 0. The van der Waals surface area contributed by atoms with Crippen LogP contribution in [-0.2, 0) is 4.84 Å². The summed E-state index contributed by atoms with van der Waals surface area (Å²) in [5.74, 6) is -1.78. The van der Waals surface area contributed by atoms with Gasteiger partial charge in [-0.05, 0) is 30.5 Å². The number of nitrogens with zero attached hydrogens (tertiary/aromatic N) is 2. The van der Waals surface area contributed by atoms with Crippen LogP contribution in [0.1, 0.15) is 37.0 Å². The topological polar surface area (TPSA) is 89.7 Å². The van der Waals surface area contributed by atoms with E-state index in [9.17, 15) is 14.4 Å². The number of hydrogen-bond donors (Lipinski definition) is 0. The summed E-state index contributed by atoms with van der Waals surface area (Å²) < 4.78 is 5.47. The standard InChI is InChI=1S/C17H10N2O5S/c1-9-13(18-14(23-9)12-7-4-8-25-12)17(22)24-19-15(20)10-5-2-3-6-11(10)16(19)21/h2-8H,1H3. The fraction of sp³-hybridized carbons (Fsp3) is 0.0588. The van der Waals surface area contributed by atoms with Gasteiger partial charge >= 0.3 is 5.97 Å². The smallest absolute Gasteiger partial charge is 0.385 e. The van der Waals surface area contributed by atoms with Crippen molar-refractivity contribution in [3.05, 3.63) is 64.4 Å². The van der Waals surface area contributed by atoms with E-state index in [1.807, 2.05) is 11.4 Å². The maximum atomic E-state index is 12.4. The third-order valence-electron chi connectivity index (χ3n) is 3.65. The molecule has 0 fully saturated rings. The maximum Gasteiger partial charge on any atom is 0.385 e. The molecule has 0 radical (unpaired) electrons. The lowest BCUT2D eigenvalue weighted by Crippen LogP contribution is -2.33. The van der Waals surface area contributed by atoms with Gasteiger partial charge in [-0.2, -0.15) is 0 Å². The van der Waals surface area contributed by atoms with Gasteiger partial charge in [0.2, 0.25) is 5.89 Å². The Kier molecular flexibility index (Phi) is 3.47. The Morgan fingerprint density at radius 3 is 2.40 bits per heavy atom. The molecule has 8 heteroatoms. The van der Waals surface area contributed by atoms with Crippen molar-refractivity contribution in [2.75, 3.05) is 0 Å². The van der Waals surface area contributed by atoms with Crippen molar-refractivity contribution in [1.82, 2.24) is 10.0 Å². The lowest BCUT2D eigenvalue weighted by atomic mass is 10.1. The van der Waals surface area contributed by atoms with E-state index in [4.69, 9.17) is 9.25 Å². The van der Waals surface area contributed by atoms with Crippen LogP contribution in [0.5, 0.6) is 0 Å². The molecule has 1 aliphatic heterocycles. The summed E-state index contributed by atoms with van der Waals surface area (Å²) in [5, 5.41) is 2.30. The van der Waals surface area contributed by atoms with Crippen LogP contribution in [0.2, 0.25) is 0 Å². The zero-order valence-corrected chi connectivity index (χ0v) is 13.7. The van der Waals surface area contributed by atoms with E-state index in [1.165, 1.54) is 23.5 Å². The molecule has 4 rings (SSSR count). The van der Waals surface area contributed by atoms with E-state index in [-0.39, 0.29) is 28.5 Å². The van der Waals surface area contributed by atoms with Crippen molar-refractivity contribution in [2.24, 2.45) is 0 Å². The third kappa shape index (κ3) is 2.43. The van der Waals surface area contributed by atoms with Gasteiger partial charge in [0.25, 0.3) is 11.8 Å². The first kappa shape index (κ1) is 15.3. The van der Waals surface area contributed by atoms with E-state index in [2.05, 4.69) is 4.98 Å². The fourth-order valence-corrected chi connectivity index (χ4v) is 3.12. The molecule has 0 saturated carbocycles. The first-order chi connectivity index (χ1) is 12.1. The van der Waals surface area contributed by atoms with Crippen LogP contribution in [0.15, 0.2) is 46.2 Å². The SMILES string of the molecule is Cc1oc(-c2cccs2)nc1C(=O)ON1C(=O)c2ccccc2C1=O. The van der Waals surface area contributed by atoms with Crippen molar-refractivity contribution in [2.45, 2.75) is 6.92 Å². The zero-order valence-electron chi connectivity index (χ0n) is 12.9. The Bertz CT molecular complexity index is 971. The van der Waals surface area contributed by atoms with Crippen LogP contribution < -0.4 is 0 Å². The molecule has 0 saturated heterocycles. The van der Waals surface area contributed by atoms with Gasteiger partial charge in [-0.3, -0.25) is 9.59 Å². The lowest BCUT2D eigenvalue weighted by Gasteiger charge is -2.11. The van der Waals surface area contributed by atoms with Gasteiger partial charge < -0.3 is 9.25 Å². The Hall–Kier alpha value is -3.26. The molecule has 0 spiro atoms. The first-order valence-electron chi connectivity index (χ1n) is 7.27. The molecule has 1 aromatic carbocycles. The fourth-order valence-electron chi connectivity index (χ4n) is 2.47. The molecule has 2 amide bonds. The van der Waals surface area contributed by atoms with Crippen LogP contribution >= 0.6 is 11.3 Å². The van der Waals surface area contributed by atoms with Gasteiger partial charge in [0.05, 0.1) is 16.0 Å². The molecule has 0 N–H and O–H groups in total. The second-order valence-corrected chi connectivity index (χ2v) is 6.18. The summed E-state index contributed by atoms with van der Waals surface area (Å²) in [6.45, 7) is 1.56. The van der Waals surface area contributed by atoms with Crippen molar-refractivity contribution < 1.29 is 23.6 Å². The molecule has 0 bridgehead atoms. The number of thiophene rings is 1. The molecule has 1 aliphatic rings. The van der Waals surface area contributed by atoms with E-state index in [0.717, 1.165) is 4.88 Å². The number of amides is 2. The lowest BCUT2D eigenvalue weighted by molar-refractivity contribution is -0.0589. The van der Waals surface area contributed by atoms with Crippen LogP contribution in [0.25, 0.3) is 10.8 Å². The normalized spacial score (nSPS) is 13.2. The molecule has 7 nitrogen and oxygen atoms in total. The highest BCUT2D eigenvalue weighted by Crippen LogP contribution is 2.27. The highest BCUT2D eigenvalue weighted by molar-refractivity contribution is 7.13. The Morgan fingerprint density at radius 2 is 1.80 bits per heavy atom. The summed E-state index contributed by atoms with van der Waals surface area (Å²) in [6.07, 6.45) is 0. The number of carbonyl (C=O) groups is 3. The monoisotopic (exact) mass is 354 g/mol. The van der Waals surface area contributed by atoms with Gasteiger partial charge in [0.15, 0.2) is 5.69 Å². The first-order valence-corrected chi connectivity index (χ1v) is 8.15. The average Bonchev–Trinajstić information content (AvgIpc) is 3.31. The quantitative estimate of drug-likeness (QED) is 0.672. The second-order valence-electron chi connectivity index (χ2n) is 5.23. The zero-order chi connectivity index (χ0) is 17.6. The number of aromatic nitrogens is 1. The van der Waals surface area contributed by atoms with E-state index in [1.54, 1.807) is 25.1 Å². The molecule has 2 aromatic heterocycles.